The number of carbonyl (C=O) groups is 2. The summed E-state index contributed by atoms with van der Waals surface area (Å²) in [4.78, 5) is 29.1. The Morgan fingerprint density at radius 3 is 2.73 bits per heavy atom. The van der Waals surface area contributed by atoms with Crippen molar-refractivity contribution in [2.45, 2.75) is 6.04 Å². The van der Waals surface area contributed by atoms with Crippen LogP contribution in [0.1, 0.15) is 16.4 Å². The highest BCUT2D eigenvalue weighted by Gasteiger charge is 2.24. The second kappa shape index (κ2) is 7.82. The number of benzene rings is 2. The number of para-hydroxylation sites is 1. The second-order valence-corrected chi connectivity index (χ2v) is 6.82. The van der Waals surface area contributed by atoms with Crippen LogP contribution in [-0.2, 0) is 9.53 Å². The van der Waals surface area contributed by atoms with Crippen LogP contribution in [0.5, 0.6) is 0 Å². The van der Waals surface area contributed by atoms with E-state index < -0.39 is 24.5 Å². The lowest BCUT2D eigenvalue weighted by molar-refractivity contribution is -0.145. The third-order valence-electron chi connectivity index (χ3n) is 3.76. The minimum absolute atomic E-state index is 0.292. The van der Waals surface area contributed by atoms with Crippen molar-refractivity contribution in [2.75, 3.05) is 13.7 Å². The van der Waals surface area contributed by atoms with Gasteiger partial charge in [-0.3, -0.25) is 9.36 Å². The molecule has 26 heavy (non-hydrogen) atoms. The number of thiazole rings is 1. The number of aliphatic hydroxyl groups is 1. The average molecular weight is 391 g/mol. The number of ether oxygens (including phenoxy) is 1. The van der Waals surface area contributed by atoms with Gasteiger partial charge in [-0.05, 0) is 30.3 Å². The summed E-state index contributed by atoms with van der Waals surface area (Å²) >= 11 is 7.18. The number of hydrogen-bond acceptors (Lipinski definition) is 5. The van der Waals surface area contributed by atoms with Crippen molar-refractivity contribution < 1.29 is 19.4 Å². The Bertz CT molecular complexity index is 1040. The standard InChI is InChI=1S/C18H15ClN2O4S/c1-25-17(24)14(10-22)21-13-7-2-3-8-15(13)26-18(21)20-16(23)11-5-4-6-12(19)9-11/h2-9,14,22H,10H2,1H3/b20-18-. The van der Waals surface area contributed by atoms with E-state index in [1.54, 1.807) is 30.3 Å². The fourth-order valence-electron chi connectivity index (χ4n) is 2.54. The third-order valence-corrected chi connectivity index (χ3v) is 5.03. The molecule has 0 bridgehead atoms. The molecule has 134 valence electrons. The Kier molecular flexibility index (Phi) is 5.51. The van der Waals surface area contributed by atoms with Crippen LogP contribution in [0.15, 0.2) is 53.5 Å². The smallest absolute Gasteiger partial charge is 0.331 e. The number of fused-ring (bicyclic) bond motifs is 1. The van der Waals surface area contributed by atoms with Crippen molar-refractivity contribution in [3.63, 3.8) is 0 Å². The van der Waals surface area contributed by atoms with Crippen molar-refractivity contribution >= 4 is 45.0 Å². The third kappa shape index (κ3) is 3.55. The Labute approximate surface area is 157 Å². The quantitative estimate of drug-likeness (QED) is 0.694. The normalized spacial score (nSPS) is 13.0. The second-order valence-electron chi connectivity index (χ2n) is 5.37. The van der Waals surface area contributed by atoms with E-state index in [4.69, 9.17) is 16.3 Å². The van der Waals surface area contributed by atoms with E-state index in [1.165, 1.54) is 29.1 Å². The SMILES string of the molecule is COC(=O)C(CO)n1/c(=N/C(=O)c2cccc(Cl)c2)sc2ccccc21. The molecule has 2 aromatic carbocycles. The maximum absolute atomic E-state index is 12.5. The lowest BCUT2D eigenvalue weighted by atomic mass is 10.2. The van der Waals surface area contributed by atoms with E-state index in [9.17, 15) is 14.7 Å². The molecule has 0 fully saturated rings. The first kappa shape index (κ1) is 18.3. The Hall–Kier alpha value is -2.48. The molecule has 0 aliphatic carbocycles. The van der Waals surface area contributed by atoms with Gasteiger partial charge in [-0.1, -0.05) is 41.1 Å². The topological polar surface area (TPSA) is 80.9 Å². The highest BCUT2D eigenvalue weighted by Crippen LogP contribution is 2.21. The van der Waals surface area contributed by atoms with Gasteiger partial charge in [0.1, 0.15) is 0 Å². The highest BCUT2D eigenvalue weighted by molar-refractivity contribution is 7.16. The van der Waals surface area contributed by atoms with Crippen LogP contribution in [0.25, 0.3) is 10.2 Å². The van der Waals surface area contributed by atoms with Crippen LogP contribution in [0, 0.1) is 0 Å². The molecule has 0 saturated carbocycles. The van der Waals surface area contributed by atoms with Gasteiger partial charge >= 0.3 is 5.97 Å². The fourth-order valence-corrected chi connectivity index (χ4v) is 3.80. The van der Waals surface area contributed by atoms with Gasteiger partial charge in [-0.15, -0.1) is 0 Å². The number of halogens is 1. The summed E-state index contributed by atoms with van der Waals surface area (Å²) in [6.07, 6.45) is 0. The van der Waals surface area contributed by atoms with E-state index in [0.717, 1.165) is 4.70 Å². The average Bonchev–Trinajstić information content (AvgIpc) is 3.00. The zero-order valence-corrected chi connectivity index (χ0v) is 15.3. The summed E-state index contributed by atoms with van der Waals surface area (Å²) in [6.45, 7) is -0.480. The summed E-state index contributed by atoms with van der Waals surface area (Å²) in [5, 5.41) is 10.1. The molecule has 0 aliphatic heterocycles. The van der Waals surface area contributed by atoms with Crippen LogP contribution in [-0.4, -0.2) is 35.3 Å². The van der Waals surface area contributed by atoms with Crippen molar-refractivity contribution in [2.24, 2.45) is 4.99 Å². The van der Waals surface area contributed by atoms with Crippen molar-refractivity contribution in [3.8, 4) is 0 Å². The number of carbonyl (C=O) groups excluding carboxylic acids is 2. The first-order valence-corrected chi connectivity index (χ1v) is 8.88. The molecule has 3 rings (SSSR count). The maximum atomic E-state index is 12.5. The Morgan fingerprint density at radius 1 is 1.27 bits per heavy atom. The van der Waals surface area contributed by atoms with Gasteiger partial charge in [-0.2, -0.15) is 4.99 Å². The number of aromatic nitrogens is 1. The molecule has 0 radical (unpaired) electrons. The molecule has 0 aliphatic rings. The van der Waals surface area contributed by atoms with Gasteiger partial charge in [0.2, 0.25) is 0 Å². The zero-order chi connectivity index (χ0) is 18.7. The number of aliphatic hydroxyl groups excluding tert-OH is 1. The number of amides is 1. The number of rotatable bonds is 4. The van der Waals surface area contributed by atoms with Gasteiger partial charge in [0.05, 0.1) is 23.9 Å². The summed E-state index contributed by atoms with van der Waals surface area (Å²) in [6, 6.07) is 12.8. The summed E-state index contributed by atoms with van der Waals surface area (Å²) in [7, 11) is 1.24. The van der Waals surface area contributed by atoms with Crippen LogP contribution in [0.3, 0.4) is 0 Å². The van der Waals surface area contributed by atoms with Crippen LogP contribution < -0.4 is 4.80 Å². The predicted octanol–water partition coefficient (Wildman–Crippen LogP) is 2.80. The monoisotopic (exact) mass is 390 g/mol. The molecule has 0 saturated heterocycles. The van der Waals surface area contributed by atoms with Crippen LogP contribution >= 0.6 is 22.9 Å². The van der Waals surface area contributed by atoms with Crippen LogP contribution in [0.4, 0.5) is 0 Å². The number of hydrogen-bond donors (Lipinski definition) is 1. The molecule has 0 spiro atoms. The zero-order valence-electron chi connectivity index (χ0n) is 13.8. The van der Waals surface area contributed by atoms with E-state index in [-0.39, 0.29) is 0 Å². The lowest BCUT2D eigenvalue weighted by Crippen LogP contribution is -2.31. The van der Waals surface area contributed by atoms with Crippen molar-refractivity contribution in [1.82, 2.24) is 4.57 Å². The molecular weight excluding hydrogens is 376 g/mol. The Morgan fingerprint density at radius 2 is 2.04 bits per heavy atom. The van der Waals surface area contributed by atoms with Gasteiger partial charge in [-0.25, -0.2) is 4.79 Å². The van der Waals surface area contributed by atoms with Crippen molar-refractivity contribution in [3.05, 3.63) is 63.9 Å². The molecule has 1 heterocycles. The molecule has 1 aromatic heterocycles. The maximum Gasteiger partial charge on any atom is 0.331 e. The van der Waals surface area contributed by atoms with Gasteiger partial charge < -0.3 is 9.84 Å². The minimum Gasteiger partial charge on any atom is -0.467 e. The van der Waals surface area contributed by atoms with Gasteiger partial charge in [0.25, 0.3) is 5.91 Å². The molecule has 1 amide bonds. The fraction of sp³-hybridized carbons (Fsp3) is 0.167. The lowest BCUT2D eigenvalue weighted by Gasteiger charge is -2.14. The van der Waals surface area contributed by atoms with E-state index in [1.807, 2.05) is 12.1 Å². The van der Waals surface area contributed by atoms with Gasteiger partial charge in [0, 0.05) is 10.6 Å². The summed E-state index contributed by atoms with van der Waals surface area (Å²) in [5.74, 6) is -1.11. The number of esters is 1. The van der Waals surface area contributed by atoms with E-state index in [0.29, 0.717) is 20.9 Å². The molecule has 1 N–H and O–H groups in total. The van der Waals surface area contributed by atoms with E-state index in [2.05, 4.69) is 4.99 Å². The molecule has 6 nitrogen and oxygen atoms in total. The first-order valence-electron chi connectivity index (χ1n) is 7.68. The summed E-state index contributed by atoms with van der Waals surface area (Å²) < 4.78 is 7.13. The molecule has 3 aromatic rings. The molecule has 8 heteroatoms. The van der Waals surface area contributed by atoms with E-state index >= 15 is 0 Å². The molecule has 1 unspecified atom stereocenters. The van der Waals surface area contributed by atoms with Gasteiger partial charge in [0.15, 0.2) is 10.8 Å². The number of methoxy groups -OCH3 is 1. The molecular formula is C18H15ClN2O4S. The van der Waals surface area contributed by atoms with Crippen molar-refractivity contribution in [1.29, 1.82) is 0 Å². The molecule has 1 atom stereocenters. The Balaban J connectivity index is 2.20. The highest BCUT2D eigenvalue weighted by atomic mass is 35.5. The number of nitrogens with zero attached hydrogens (tertiary/aromatic N) is 2. The summed E-state index contributed by atoms with van der Waals surface area (Å²) in [5.41, 5.74) is 1.01. The van der Waals surface area contributed by atoms with Crippen LogP contribution in [0.2, 0.25) is 5.02 Å². The predicted molar refractivity (Wildman–Crippen MR) is 99.3 cm³/mol. The minimum atomic E-state index is -0.998. The first-order chi connectivity index (χ1) is 12.5. The largest absolute Gasteiger partial charge is 0.467 e.